The van der Waals surface area contributed by atoms with E-state index >= 15 is 0 Å². The molecule has 24 heavy (non-hydrogen) atoms. The molecule has 3 nitrogen and oxygen atoms in total. The summed E-state index contributed by atoms with van der Waals surface area (Å²) in [4.78, 5) is 4.34. The molecule has 0 bridgehead atoms. The quantitative estimate of drug-likeness (QED) is 0.376. The highest BCUT2D eigenvalue weighted by atomic mass is 127. The third kappa shape index (κ3) is 3.92. The van der Waals surface area contributed by atoms with E-state index in [-0.39, 0.29) is 24.1 Å². The van der Waals surface area contributed by atoms with E-state index < -0.39 is 11.6 Å². The fraction of sp³-hybridized carbons (Fsp3) is 0.278. The van der Waals surface area contributed by atoms with Crippen molar-refractivity contribution in [3.63, 3.8) is 0 Å². The SMILES string of the molecule is Fc1cccc(F)c1C1=NC(c2ccc(COCCI)cc2)CO1. The smallest absolute Gasteiger partial charge is 0.222 e. The molecule has 1 aliphatic heterocycles. The minimum Gasteiger partial charge on any atom is -0.475 e. The Kier molecular flexibility index (Phi) is 5.78. The van der Waals surface area contributed by atoms with Crippen molar-refractivity contribution in [3.8, 4) is 0 Å². The van der Waals surface area contributed by atoms with Crippen LogP contribution in [0.5, 0.6) is 0 Å². The van der Waals surface area contributed by atoms with Gasteiger partial charge in [-0.15, -0.1) is 0 Å². The normalized spacial score (nSPS) is 16.8. The van der Waals surface area contributed by atoms with Gasteiger partial charge in [0.2, 0.25) is 5.90 Å². The van der Waals surface area contributed by atoms with E-state index in [9.17, 15) is 8.78 Å². The number of alkyl halides is 1. The van der Waals surface area contributed by atoms with Crippen molar-refractivity contribution in [2.24, 2.45) is 4.99 Å². The molecule has 1 heterocycles. The van der Waals surface area contributed by atoms with Crippen molar-refractivity contribution in [2.75, 3.05) is 17.6 Å². The Bertz CT molecular complexity index is 714. The maximum absolute atomic E-state index is 13.8. The van der Waals surface area contributed by atoms with Gasteiger partial charge in [-0.25, -0.2) is 13.8 Å². The first-order chi connectivity index (χ1) is 11.7. The number of halogens is 3. The average Bonchev–Trinajstić information content (AvgIpc) is 3.05. The van der Waals surface area contributed by atoms with E-state index in [1.54, 1.807) is 0 Å². The second kappa shape index (κ2) is 8.02. The van der Waals surface area contributed by atoms with Crippen molar-refractivity contribution in [2.45, 2.75) is 12.6 Å². The van der Waals surface area contributed by atoms with Gasteiger partial charge in [-0.2, -0.15) is 0 Å². The lowest BCUT2D eigenvalue weighted by atomic mass is 10.1. The number of hydrogen-bond donors (Lipinski definition) is 0. The number of hydrogen-bond acceptors (Lipinski definition) is 3. The summed E-state index contributed by atoms with van der Waals surface area (Å²) in [6, 6.07) is 11.3. The maximum Gasteiger partial charge on any atom is 0.222 e. The van der Waals surface area contributed by atoms with Gasteiger partial charge in [-0.05, 0) is 23.3 Å². The molecule has 3 rings (SSSR count). The molecular weight excluding hydrogens is 427 g/mol. The van der Waals surface area contributed by atoms with Crippen LogP contribution < -0.4 is 0 Å². The predicted molar refractivity (Wildman–Crippen MR) is 96.6 cm³/mol. The monoisotopic (exact) mass is 443 g/mol. The van der Waals surface area contributed by atoms with E-state index in [4.69, 9.17) is 9.47 Å². The van der Waals surface area contributed by atoms with E-state index in [0.29, 0.717) is 6.61 Å². The molecular formula is C18H16F2INO2. The topological polar surface area (TPSA) is 30.8 Å². The largest absolute Gasteiger partial charge is 0.475 e. The van der Waals surface area contributed by atoms with Crippen LogP contribution in [0.1, 0.15) is 22.7 Å². The molecule has 1 aliphatic rings. The summed E-state index contributed by atoms with van der Waals surface area (Å²) in [6.07, 6.45) is 0. The van der Waals surface area contributed by atoms with Crippen LogP contribution in [0.4, 0.5) is 8.78 Å². The summed E-state index contributed by atoms with van der Waals surface area (Å²) in [5, 5.41) is 0. The highest BCUT2D eigenvalue weighted by molar-refractivity contribution is 14.1. The average molecular weight is 443 g/mol. The van der Waals surface area contributed by atoms with E-state index in [0.717, 1.165) is 22.2 Å². The van der Waals surface area contributed by atoms with E-state index in [1.165, 1.54) is 18.2 Å². The number of ether oxygens (including phenoxy) is 2. The van der Waals surface area contributed by atoms with Crippen LogP contribution in [0.25, 0.3) is 0 Å². The first-order valence-electron chi connectivity index (χ1n) is 7.56. The van der Waals surface area contributed by atoms with Gasteiger partial charge >= 0.3 is 0 Å². The molecule has 0 aromatic heterocycles. The lowest BCUT2D eigenvalue weighted by Gasteiger charge is -2.07. The van der Waals surface area contributed by atoms with Crippen LogP contribution in [-0.2, 0) is 16.1 Å². The molecule has 0 spiro atoms. The minimum absolute atomic E-state index is 0.0186. The lowest BCUT2D eigenvalue weighted by molar-refractivity contribution is 0.138. The molecule has 0 amide bonds. The molecule has 0 fully saturated rings. The Labute approximate surface area is 152 Å². The summed E-state index contributed by atoms with van der Waals surface area (Å²) in [6.45, 7) is 1.56. The summed E-state index contributed by atoms with van der Waals surface area (Å²) >= 11 is 2.27. The van der Waals surface area contributed by atoms with Gasteiger partial charge in [0.25, 0.3) is 0 Å². The minimum atomic E-state index is -0.669. The lowest BCUT2D eigenvalue weighted by Crippen LogP contribution is -2.07. The van der Waals surface area contributed by atoms with Gasteiger partial charge in [0.15, 0.2) is 0 Å². The van der Waals surface area contributed by atoms with Crippen LogP contribution in [0.3, 0.4) is 0 Å². The Morgan fingerprint density at radius 2 is 1.83 bits per heavy atom. The molecule has 1 unspecified atom stereocenters. The molecule has 6 heteroatoms. The predicted octanol–water partition coefficient (Wildman–Crippen LogP) is 4.43. The van der Waals surface area contributed by atoms with Gasteiger partial charge < -0.3 is 9.47 Å². The Balaban J connectivity index is 1.74. The zero-order chi connectivity index (χ0) is 16.9. The molecule has 0 saturated carbocycles. The number of rotatable bonds is 6. The second-order valence-electron chi connectivity index (χ2n) is 5.34. The van der Waals surface area contributed by atoms with Gasteiger partial charge in [0.05, 0.1) is 13.2 Å². The molecule has 126 valence electrons. The zero-order valence-corrected chi connectivity index (χ0v) is 15.0. The Hall–Kier alpha value is -1.54. The molecule has 0 aliphatic carbocycles. The third-order valence-electron chi connectivity index (χ3n) is 3.68. The van der Waals surface area contributed by atoms with Crippen molar-refractivity contribution >= 4 is 28.5 Å². The third-order valence-corrected chi connectivity index (χ3v) is 4.12. The van der Waals surface area contributed by atoms with E-state index in [2.05, 4.69) is 27.6 Å². The van der Waals surface area contributed by atoms with Crippen molar-refractivity contribution in [1.29, 1.82) is 0 Å². The van der Waals surface area contributed by atoms with Crippen LogP contribution in [0, 0.1) is 11.6 Å². The number of nitrogens with zero attached hydrogens (tertiary/aromatic N) is 1. The molecule has 0 N–H and O–H groups in total. The summed E-state index contributed by atoms with van der Waals surface area (Å²) in [5.41, 5.74) is 1.81. The van der Waals surface area contributed by atoms with Gasteiger partial charge in [-0.3, -0.25) is 0 Å². The van der Waals surface area contributed by atoms with Gasteiger partial charge in [0, 0.05) is 4.43 Å². The molecule has 1 atom stereocenters. The molecule has 0 saturated heterocycles. The van der Waals surface area contributed by atoms with Crippen LogP contribution in [0.2, 0.25) is 0 Å². The zero-order valence-electron chi connectivity index (χ0n) is 12.8. The highest BCUT2D eigenvalue weighted by Gasteiger charge is 2.25. The molecule has 2 aromatic carbocycles. The summed E-state index contributed by atoms with van der Waals surface area (Å²) in [5.74, 6) is -1.32. The van der Waals surface area contributed by atoms with Gasteiger partial charge in [0.1, 0.15) is 29.8 Å². The molecule has 2 aromatic rings. The maximum atomic E-state index is 13.8. The molecule has 0 radical (unpaired) electrons. The standard InChI is InChI=1S/C18H16F2INO2/c19-14-2-1-3-15(20)17(14)18-22-16(11-24-18)13-6-4-12(5-7-13)10-23-9-8-21/h1-7,16H,8-11H2. The fourth-order valence-corrected chi connectivity index (χ4v) is 2.78. The van der Waals surface area contributed by atoms with Crippen molar-refractivity contribution in [1.82, 2.24) is 0 Å². The first-order valence-corrected chi connectivity index (χ1v) is 9.09. The van der Waals surface area contributed by atoms with Crippen LogP contribution in [0.15, 0.2) is 47.5 Å². The number of benzene rings is 2. The summed E-state index contributed by atoms with van der Waals surface area (Å²) in [7, 11) is 0. The number of aliphatic imine (C=N–C) groups is 1. The Morgan fingerprint density at radius 3 is 2.50 bits per heavy atom. The summed E-state index contributed by atoms with van der Waals surface area (Å²) < 4.78 is 39.5. The van der Waals surface area contributed by atoms with Crippen molar-refractivity contribution in [3.05, 3.63) is 70.8 Å². The highest BCUT2D eigenvalue weighted by Crippen LogP contribution is 2.27. The van der Waals surface area contributed by atoms with Crippen molar-refractivity contribution < 1.29 is 18.3 Å². The van der Waals surface area contributed by atoms with E-state index in [1.807, 2.05) is 24.3 Å². The first kappa shape index (κ1) is 17.3. The second-order valence-corrected chi connectivity index (χ2v) is 6.42. The van der Waals surface area contributed by atoms with Crippen LogP contribution >= 0.6 is 22.6 Å². The van der Waals surface area contributed by atoms with Gasteiger partial charge in [-0.1, -0.05) is 52.9 Å². The van der Waals surface area contributed by atoms with Crippen LogP contribution in [-0.4, -0.2) is 23.5 Å². The fourth-order valence-electron chi connectivity index (χ4n) is 2.46. The Morgan fingerprint density at radius 1 is 1.12 bits per heavy atom.